The Morgan fingerprint density at radius 1 is 1.21 bits per heavy atom. The van der Waals surface area contributed by atoms with Crippen LogP contribution >= 0.6 is 27.3 Å². The van der Waals surface area contributed by atoms with Gasteiger partial charge in [0.1, 0.15) is 0 Å². The predicted molar refractivity (Wildman–Crippen MR) is 119 cm³/mol. The summed E-state index contributed by atoms with van der Waals surface area (Å²) in [5, 5.41) is 0.719. The maximum Gasteiger partial charge on any atom is 0.295 e. The number of morpholine rings is 1. The van der Waals surface area contributed by atoms with Gasteiger partial charge in [0.25, 0.3) is 5.91 Å². The lowest BCUT2D eigenvalue weighted by Gasteiger charge is -2.27. The van der Waals surface area contributed by atoms with E-state index >= 15 is 0 Å². The molecule has 1 amide bonds. The van der Waals surface area contributed by atoms with Crippen LogP contribution in [0.1, 0.15) is 28.1 Å². The maximum atomic E-state index is 13.2. The minimum atomic E-state index is -0.160. The number of amides is 1. The standard InChI is InChI=1S/C21H24BrN3O3S/c1-14-4-5-15(2)19-18(14)23-21(29-19)25(20(26)16-6-7-17(22)28-16)9-3-8-24-10-12-27-13-11-24/h4-7H,3,8-13H2,1-2H3. The number of aromatic nitrogens is 1. The Labute approximate surface area is 182 Å². The summed E-state index contributed by atoms with van der Waals surface area (Å²) in [4.78, 5) is 22.2. The van der Waals surface area contributed by atoms with Gasteiger partial charge in [-0.3, -0.25) is 14.6 Å². The van der Waals surface area contributed by atoms with Crippen molar-refractivity contribution in [3.8, 4) is 0 Å². The third-order valence-corrected chi connectivity index (χ3v) is 6.79. The van der Waals surface area contributed by atoms with E-state index in [2.05, 4.69) is 46.8 Å². The predicted octanol–water partition coefficient (Wildman–Crippen LogP) is 4.64. The minimum Gasteiger partial charge on any atom is -0.444 e. The van der Waals surface area contributed by atoms with Gasteiger partial charge in [0.05, 0.1) is 23.4 Å². The second-order valence-electron chi connectivity index (χ2n) is 7.24. The quantitative estimate of drug-likeness (QED) is 0.517. The van der Waals surface area contributed by atoms with Crippen molar-refractivity contribution < 1.29 is 13.9 Å². The van der Waals surface area contributed by atoms with Crippen LogP contribution in [0.15, 0.2) is 33.4 Å². The zero-order valence-electron chi connectivity index (χ0n) is 16.6. The SMILES string of the molecule is Cc1ccc(C)c2sc(N(CCCN3CCOCC3)C(=O)c3ccc(Br)o3)nc12. The van der Waals surface area contributed by atoms with Crippen molar-refractivity contribution in [3.63, 3.8) is 0 Å². The minimum absolute atomic E-state index is 0.160. The van der Waals surface area contributed by atoms with Gasteiger partial charge in [0.2, 0.25) is 0 Å². The van der Waals surface area contributed by atoms with Crippen LogP contribution < -0.4 is 4.90 Å². The average Bonchev–Trinajstić information content (AvgIpc) is 3.36. The number of halogens is 1. The topological polar surface area (TPSA) is 58.8 Å². The second-order valence-corrected chi connectivity index (χ2v) is 9.00. The lowest BCUT2D eigenvalue weighted by Crippen LogP contribution is -2.39. The number of ether oxygens (including phenoxy) is 1. The van der Waals surface area contributed by atoms with Crippen molar-refractivity contribution in [2.45, 2.75) is 20.3 Å². The number of nitrogens with zero attached hydrogens (tertiary/aromatic N) is 3. The summed E-state index contributed by atoms with van der Waals surface area (Å²) < 4.78 is 12.6. The molecule has 0 unspecified atom stereocenters. The Balaban J connectivity index is 1.59. The highest BCUT2D eigenvalue weighted by molar-refractivity contribution is 9.10. The molecule has 0 radical (unpaired) electrons. The number of furan rings is 1. The van der Waals surface area contributed by atoms with Gasteiger partial charge in [-0.1, -0.05) is 23.5 Å². The number of anilines is 1. The number of hydrogen-bond acceptors (Lipinski definition) is 6. The van der Waals surface area contributed by atoms with E-state index in [1.165, 1.54) is 5.56 Å². The molecule has 6 nitrogen and oxygen atoms in total. The number of carbonyl (C=O) groups excluding carboxylic acids is 1. The fraction of sp³-hybridized carbons (Fsp3) is 0.429. The summed E-state index contributed by atoms with van der Waals surface area (Å²) in [6.45, 7) is 9.10. The fourth-order valence-corrected chi connectivity index (χ4v) is 4.93. The van der Waals surface area contributed by atoms with E-state index in [-0.39, 0.29) is 5.91 Å². The number of aryl methyl sites for hydroxylation is 2. The molecule has 8 heteroatoms. The molecule has 0 atom stereocenters. The van der Waals surface area contributed by atoms with Gasteiger partial charge in [-0.25, -0.2) is 4.98 Å². The van der Waals surface area contributed by atoms with Crippen LogP contribution in [0.25, 0.3) is 10.2 Å². The van der Waals surface area contributed by atoms with E-state index < -0.39 is 0 Å². The van der Waals surface area contributed by atoms with Crippen molar-refractivity contribution in [2.75, 3.05) is 44.3 Å². The third kappa shape index (κ3) is 4.55. The molecule has 0 saturated carbocycles. The lowest BCUT2D eigenvalue weighted by molar-refractivity contribution is 0.0376. The monoisotopic (exact) mass is 477 g/mol. The molecule has 0 spiro atoms. The summed E-state index contributed by atoms with van der Waals surface area (Å²) >= 11 is 4.86. The average molecular weight is 478 g/mol. The van der Waals surface area contributed by atoms with Crippen LogP contribution in [0.2, 0.25) is 0 Å². The lowest BCUT2D eigenvalue weighted by atomic mass is 10.1. The Kier molecular flexibility index (Phi) is 6.34. The van der Waals surface area contributed by atoms with Gasteiger partial charge < -0.3 is 9.15 Å². The van der Waals surface area contributed by atoms with E-state index in [4.69, 9.17) is 14.1 Å². The Hall–Kier alpha value is -1.74. The van der Waals surface area contributed by atoms with Crippen LogP contribution in [0.4, 0.5) is 5.13 Å². The summed E-state index contributed by atoms with van der Waals surface area (Å²) in [6, 6.07) is 7.63. The second kappa shape index (κ2) is 8.95. The van der Waals surface area contributed by atoms with Gasteiger partial charge in [-0.15, -0.1) is 0 Å². The first-order chi connectivity index (χ1) is 14.0. The van der Waals surface area contributed by atoms with Crippen molar-refractivity contribution in [2.24, 2.45) is 0 Å². The summed E-state index contributed by atoms with van der Waals surface area (Å²) in [5.74, 6) is 0.156. The molecule has 1 aromatic carbocycles. The molecule has 1 fully saturated rings. The van der Waals surface area contributed by atoms with Gasteiger partial charge >= 0.3 is 0 Å². The molecule has 0 aliphatic carbocycles. The van der Waals surface area contributed by atoms with E-state index in [0.717, 1.165) is 60.2 Å². The molecule has 2 aromatic heterocycles. The molecule has 1 saturated heterocycles. The number of benzene rings is 1. The fourth-order valence-electron chi connectivity index (χ4n) is 3.49. The Morgan fingerprint density at radius 3 is 2.66 bits per heavy atom. The highest BCUT2D eigenvalue weighted by Crippen LogP contribution is 2.34. The molecule has 1 aliphatic rings. The smallest absolute Gasteiger partial charge is 0.295 e. The van der Waals surface area contributed by atoms with E-state index in [9.17, 15) is 4.79 Å². The number of thiazole rings is 1. The number of hydrogen-bond donors (Lipinski definition) is 0. The van der Waals surface area contributed by atoms with E-state index in [1.54, 1.807) is 28.4 Å². The largest absolute Gasteiger partial charge is 0.444 e. The molecular weight excluding hydrogens is 454 g/mol. The third-order valence-electron chi connectivity index (χ3n) is 5.15. The number of fused-ring (bicyclic) bond motifs is 1. The molecule has 4 rings (SSSR count). The van der Waals surface area contributed by atoms with Gasteiger partial charge in [-0.05, 0) is 59.5 Å². The van der Waals surface area contributed by atoms with Gasteiger partial charge in [-0.2, -0.15) is 0 Å². The molecular formula is C21H24BrN3O3S. The zero-order valence-corrected chi connectivity index (χ0v) is 19.0. The number of carbonyl (C=O) groups is 1. The molecule has 1 aliphatic heterocycles. The number of rotatable bonds is 6. The van der Waals surface area contributed by atoms with Crippen LogP contribution in [0.5, 0.6) is 0 Å². The normalized spacial score (nSPS) is 15.1. The van der Waals surface area contributed by atoms with Crippen LogP contribution in [-0.4, -0.2) is 55.2 Å². The Morgan fingerprint density at radius 2 is 1.97 bits per heavy atom. The van der Waals surface area contributed by atoms with Crippen molar-refractivity contribution in [1.29, 1.82) is 0 Å². The van der Waals surface area contributed by atoms with Crippen molar-refractivity contribution in [3.05, 3.63) is 45.8 Å². The van der Waals surface area contributed by atoms with Gasteiger partial charge in [0.15, 0.2) is 15.6 Å². The first kappa shape index (κ1) is 20.5. The zero-order chi connectivity index (χ0) is 20.4. The van der Waals surface area contributed by atoms with Crippen LogP contribution in [0, 0.1) is 13.8 Å². The maximum absolute atomic E-state index is 13.2. The Bertz CT molecular complexity index is 971. The molecule has 154 valence electrons. The van der Waals surface area contributed by atoms with E-state index in [1.807, 2.05) is 0 Å². The highest BCUT2D eigenvalue weighted by atomic mass is 79.9. The molecule has 0 bridgehead atoms. The highest BCUT2D eigenvalue weighted by Gasteiger charge is 2.25. The summed E-state index contributed by atoms with van der Waals surface area (Å²) in [6.07, 6.45) is 0.863. The summed E-state index contributed by atoms with van der Waals surface area (Å²) in [5.41, 5.74) is 3.27. The molecule has 29 heavy (non-hydrogen) atoms. The molecule has 3 aromatic rings. The molecule has 0 N–H and O–H groups in total. The first-order valence-electron chi connectivity index (χ1n) is 9.77. The van der Waals surface area contributed by atoms with Crippen molar-refractivity contribution >= 4 is 48.5 Å². The molecule has 3 heterocycles. The van der Waals surface area contributed by atoms with Crippen molar-refractivity contribution in [1.82, 2.24) is 9.88 Å². The summed E-state index contributed by atoms with van der Waals surface area (Å²) in [7, 11) is 0. The first-order valence-corrected chi connectivity index (χ1v) is 11.4. The van der Waals surface area contributed by atoms with Gasteiger partial charge in [0, 0.05) is 26.2 Å². The van der Waals surface area contributed by atoms with Crippen LogP contribution in [0.3, 0.4) is 0 Å². The van der Waals surface area contributed by atoms with Crippen LogP contribution in [-0.2, 0) is 4.74 Å². The van der Waals surface area contributed by atoms with E-state index in [0.29, 0.717) is 17.0 Å².